The molecule has 4 N–H and O–H groups in total. The molecule has 18 heavy (non-hydrogen) atoms. The van der Waals surface area contributed by atoms with Crippen molar-refractivity contribution in [1.82, 2.24) is 4.72 Å². The highest BCUT2D eigenvalue weighted by molar-refractivity contribution is 9.10. The third kappa shape index (κ3) is 3.44. The summed E-state index contributed by atoms with van der Waals surface area (Å²) in [6.45, 7) is 3.55. The summed E-state index contributed by atoms with van der Waals surface area (Å²) in [5, 5.41) is 13.2. The van der Waals surface area contributed by atoms with Crippen molar-refractivity contribution in [3.8, 4) is 0 Å². The number of oxime groups is 1. The minimum Gasteiger partial charge on any atom is -0.409 e. The molecule has 0 spiro atoms. The number of nitrogens with two attached hydrogens (primary N) is 1. The summed E-state index contributed by atoms with van der Waals surface area (Å²) >= 11 is 4.25. The first-order valence-electron chi connectivity index (χ1n) is 5.02. The van der Waals surface area contributed by atoms with E-state index in [1.165, 1.54) is 0 Å². The molecule has 0 aliphatic carbocycles. The Bertz CT molecular complexity index is 539. The smallest absolute Gasteiger partial charge is 0.251 e. The van der Waals surface area contributed by atoms with Crippen molar-refractivity contribution in [3.63, 3.8) is 0 Å². The fourth-order valence-corrected chi connectivity index (χ4v) is 5.00. The molecule has 1 aromatic heterocycles. The third-order valence-corrected chi connectivity index (χ3v) is 6.32. The van der Waals surface area contributed by atoms with E-state index in [2.05, 4.69) is 25.8 Å². The Morgan fingerprint density at radius 1 is 1.61 bits per heavy atom. The maximum atomic E-state index is 12.1. The molecular formula is C9H14BrN3O3S2. The first kappa shape index (κ1) is 15.4. The zero-order valence-corrected chi connectivity index (χ0v) is 13.0. The quantitative estimate of drug-likeness (QED) is 0.322. The molecule has 1 heterocycles. The summed E-state index contributed by atoms with van der Waals surface area (Å²) in [6, 6.07) is 0.890. The summed E-state index contributed by atoms with van der Waals surface area (Å²) in [5.41, 5.74) is 5.48. The maximum absolute atomic E-state index is 12.1. The Balaban J connectivity index is 3.05. The van der Waals surface area contributed by atoms with Gasteiger partial charge in [0.2, 0.25) is 0 Å². The Morgan fingerprint density at radius 3 is 2.61 bits per heavy atom. The number of hydrogen-bond donors (Lipinski definition) is 3. The van der Waals surface area contributed by atoms with E-state index in [1.54, 1.807) is 25.3 Å². The second-order valence-electron chi connectivity index (χ2n) is 3.92. The average molecular weight is 356 g/mol. The van der Waals surface area contributed by atoms with Crippen molar-refractivity contribution in [1.29, 1.82) is 0 Å². The molecular weight excluding hydrogens is 342 g/mol. The summed E-state index contributed by atoms with van der Waals surface area (Å²) in [6.07, 6.45) is 0. The largest absolute Gasteiger partial charge is 0.409 e. The van der Waals surface area contributed by atoms with Gasteiger partial charge in [-0.2, -0.15) is 4.72 Å². The van der Waals surface area contributed by atoms with Crippen molar-refractivity contribution in [2.24, 2.45) is 16.8 Å². The normalized spacial score (nSPS) is 15.0. The number of hydrogen-bond acceptors (Lipinski definition) is 5. The lowest BCUT2D eigenvalue weighted by Gasteiger charge is -2.20. The molecule has 0 amide bonds. The van der Waals surface area contributed by atoms with Gasteiger partial charge in [0.1, 0.15) is 4.21 Å². The zero-order valence-electron chi connectivity index (χ0n) is 9.79. The fourth-order valence-electron chi connectivity index (χ4n) is 1.29. The minimum atomic E-state index is -3.70. The van der Waals surface area contributed by atoms with Crippen LogP contribution in [0.25, 0.3) is 0 Å². The van der Waals surface area contributed by atoms with E-state index in [9.17, 15) is 8.42 Å². The van der Waals surface area contributed by atoms with Crippen LogP contribution in [0.2, 0.25) is 0 Å². The molecule has 0 radical (unpaired) electrons. The van der Waals surface area contributed by atoms with E-state index in [1.807, 2.05) is 0 Å². The van der Waals surface area contributed by atoms with Crippen molar-refractivity contribution in [2.45, 2.75) is 24.1 Å². The summed E-state index contributed by atoms with van der Waals surface area (Å²) in [5.74, 6) is -0.310. The Kier molecular flexibility index (Phi) is 5.14. The number of rotatable bonds is 5. The summed E-state index contributed by atoms with van der Waals surface area (Å²) < 4.78 is 27.3. The van der Waals surface area contributed by atoms with Crippen molar-refractivity contribution < 1.29 is 13.6 Å². The number of sulfonamides is 1. The van der Waals surface area contributed by atoms with Crippen LogP contribution in [-0.2, 0) is 10.0 Å². The second kappa shape index (κ2) is 6.00. The minimum absolute atomic E-state index is 0.144. The lowest BCUT2D eigenvalue weighted by atomic mass is 10.1. The van der Waals surface area contributed by atoms with E-state index < -0.39 is 16.1 Å². The van der Waals surface area contributed by atoms with E-state index in [4.69, 9.17) is 10.9 Å². The molecule has 6 nitrogen and oxygen atoms in total. The van der Waals surface area contributed by atoms with Gasteiger partial charge in [0.15, 0.2) is 5.84 Å². The number of nitrogens with zero attached hydrogens (tertiary/aromatic N) is 1. The molecule has 0 saturated heterocycles. The van der Waals surface area contributed by atoms with Gasteiger partial charge >= 0.3 is 0 Å². The Hall–Kier alpha value is -0.640. The highest BCUT2D eigenvalue weighted by Gasteiger charge is 2.27. The first-order valence-corrected chi connectivity index (χ1v) is 8.18. The monoisotopic (exact) mass is 355 g/mol. The van der Waals surface area contributed by atoms with E-state index in [0.29, 0.717) is 4.47 Å². The van der Waals surface area contributed by atoms with Gasteiger partial charge in [0.05, 0.1) is 6.04 Å². The van der Waals surface area contributed by atoms with Gasteiger partial charge in [-0.25, -0.2) is 8.42 Å². The van der Waals surface area contributed by atoms with Crippen LogP contribution in [0, 0.1) is 5.92 Å². The number of thiophene rings is 1. The van der Waals surface area contributed by atoms with Crippen LogP contribution in [0.15, 0.2) is 25.3 Å². The molecule has 0 aliphatic rings. The predicted molar refractivity (Wildman–Crippen MR) is 74.4 cm³/mol. The van der Waals surface area contributed by atoms with Gasteiger partial charge in [-0.05, 0) is 33.3 Å². The highest BCUT2D eigenvalue weighted by Crippen LogP contribution is 2.27. The summed E-state index contributed by atoms with van der Waals surface area (Å²) in [4.78, 5) is 0. The molecule has 1 aromatic rings. The molecule has 0 aliphatic heterocycles. The van der Waals surface area contributed by atoms with Crippen molar-refractivity contribution >= 4 is 43.1 Å². The van der Waals surface area contributed by atoms with Gasteiger partial charge in [-0.1, -0.05) is 19.0 Å². The van der Waals surface area contributed by atoms with E-state index >= 15 is 0 Å². The van der Waals surface area contributed by atoms with Crippen molar-refractivity contribution in [2.75, 3.05) is 0 Å². The molecule has 0 aromatic carbocycles. The Morgan fingerprint density at radius 2 is 2.22 bits per heavy atom. The predicted octanol–water partition coefficient (Wildman–Crippen LogP) is 1.56. The lowest BCUT2D eigenvalue weighted by molar-refractivity contribution is 0.313. The molecule has 0 saturated carbocycles. The molecule has 0 bridgehead atoms. The van der Waals surface area contributed by atoms with Gasteiger partial charge in [0, 0.05) is 4.47 Å². The average Bonchev–Trinajstić information content (AvgIpc) is 2.72. The van der Waals surface area contributed by atoms with Crippen molar-refractivity contribution in [3.05, 3.63) is 15.9 Å². The topological polar surface area (TPSA) is 105 Å². The van der Waals surface area contributed by atoms with Gasteiger partial charge < -0.3 is 10.9 Å². The number of nitrogens with one attached hydrogen (secondary N) is 1. The van der Waals surface area contributed by atoms with Crippen LogP contribution in [-0.4, -0.2) is 25.5 Å². The Labute approximate surface area is 118 Å². The van der Waals surface area contributed by atoms with Gasteiger partial charge in [-0.3, -0.25) is 0 Å². The number of amidine groups is 1. The van der Waals surface area contributed by atoms with Crippen LogP contribution in [0.5, 0.6) is 0 Å². The van der Waals surface area contributed by atoms with Crippen LogP contribution in [0.4, 0.5) is 0 Å². The SMILES string of the molecule is CC(C)C(NS(=O)(=O)c1sccc1Br)C(N)=NO. The van der Waals surface area contributed by atoms with Crippen LogP contribution in [0.3, 0.4) is 0 Å². The van der Waals surface area contributed by atoms with Crippen LogP contribution >= 0.6 is 27.3 Å². The van der Waals surface area contributed by atoms with E-state index in [-0.39, 0.29) is 16.0 Å². The fraction of sp³-hybridized carbons (Fsp3) is 0.444. The maximum Gasteiger partial charge on any atom is 0.251 e. The number of halogens is 1. The molecule has 0 fully saturated rings. The standard InChI is InChI=1S/C9H14BrN3O3S2/c1-5(2)7(8(11)12-14)13-18(15,16)9-6(10)3-4-17-9/h3-5,7,13-14H,1-2H3,(H2,11,12). The molecule has 1 rings (SSSR count). The van der Waals surface area contributed by atoms with Gasteiger partial charge in [0.25, 0.3) is 10.0 Å². The van der Waals surface area contributed by atoms with E-state index in [0.717, 1.165) is 11.3 Å². The molecule has 9 heteroatoms. The zero-order chi connectivity index (χ0) is 13.9. The van der Waals surface area contributed by atoms with Crippen LogP contribution < -0.4 is 10.5 Å². The third-order valence-electron chi connectivity index (χ3n) is 2.21. The van der Waals surface area contributed by atoms with Gasteiger partial charge in [-0.15, -0.1) is 11.3 Å². The molecule has 1 unspecified atom stereocenters. The molecule has 102 valence electrons. The second-order valence-corrected chi connectivity index (χ2v) is 7.60. The summed E-state index contributed by atoms with van der Waals surface area (Å²) in [7, 11) is -3.70. The lowest BCUT2D eigenvalue weighted by Crippen LogP contribution is -2.47. The molecule has 1 atom stereocenters. The van der Waals surface area contributed by atoms with Crippen LogP contribution in [0.1, 0.15) is 13.8 Å². The highest BCUT2D eigenvalue weighted by atomic mass is 79.9. The first-order chi connectivity index (χ1) is 8.29.